The van der Waals surface area contributed by atoms with Crippen LogP contribution in [0.15, 0.2) is 36.7 Å². The molecule has 1 aromatic carbocycles. The monoisotopic (exact) mass is 258 g/mol. The van der Waals surface area contributed by atoms with Crippen LogP contribution in [0.3, 0.4) is 0 Å². The van der Waals surface area contributed by atoms with E-state index in [0.29, 0.717) is 0 Å². The molecule has 19 heavy (non-hydrogen) atoms. The van der Waals surface area contributed by atoms with Crippen molar-refractivity contribution in [3.05, 3.63) is 53.6 Å². The normalized spacial score (nSPS) is 12.6. The molecule has 1 unspecified atom stereocenters. The van der Waals surface area contributed by atoms with E-state index in [9.17, 15) is 0 Å². The average Bonchev–Trinajstić information content (AvgIpc) is 2.90. The van der Waals surface area contributed by atoms with Gasteiger partial charge in [0.2, 0.25) is 0 Å². The lowest BCUT2D eigenvalue weighted by atomic mass is 10.0. The van der Waals surface area contributed by atoms with Gasteiger partial charge in [0.15, 0.2) is 0 Å². The molecular weight excluding hydrogens is 236 g/mol. The third-order valence-corrected chi connectivity index (χ3v) is 3.44. The summed E-state index contributed by atoms with van der Waals surface area (Å²) in [6.07, 6.45) is 5.75. The Morgan fingerprint density at radius 3 is 2.68 bits per heavy atom. The summed E-state index contributed by atoms with van der Waals surface area (Å²) in [6.45, 7) is 5.13. The van der Waals surface area contributed by atoms with E-state index in [1.54, 1.807) is 0 Å². The fourth-order valence-electron chi connectivity index (χ4n) is 2.25. The molecule has 3 N–H and O–H groups in total. The van der Waals surface area contributed by atoms with Crippen LogP contribution in [0.5, 0.6) is 0 Å². The van der Waals surface area contributed by atoms with Crippen LogP contribution in [0.4, 0.5) is 0 Å². The van der Waals surface area contributed by atoms with Gasteiger partial charge in [-0.15, -0.1) is 0 Å². The molecule has 0 saturated carbocycles. The Hall–Kier alpha value is -1.65. The largest absolute Gasteiger partial charge is 0.334 e. The second kappa shape index (κ2) is 6.50. The van der Waals surface area contributed by atoms with Crippen molar-refractivity contribution in [3.8, 4) is 0 Å². The van der Waals surface area contributed by atoms with Gasteiger partial charge in [-0.25, -0.2) is 10.4 Å². The van der Waals surface area contributed by atoms with Gasteiger partial charge in [-0.2, -0.15) is 0 Å². The zero-order valence-electron chi connectivity index (χ0n) is 11.6. The Morgan fingerprint density at radius 1 is 1.32 bits per heavy atom. The summed E-state index contributed by atoms with van der Waals surface area (Å²) < 4.78 is 2.12. The molecular formula is C15H22N4. The molecule has 4 heteroatoms. The average molecular weight is 258 g/mol. The second-order valence-corrected chi connectivity index (χ2v) is 4.81. The summed E-state index contributed by atoms with van der Waals surface area (Å²) in [5.74, 6) is 6.68. The maximum Gasteiger partial charge on any atom is 0.127 e. The Labute approximate surface area is 114 Å². The van der Waals surface area contributed by atoms with Crippen molar-refractivity contribution in [2.45, 2.75) is 39.3 Å². The third kappa shape index (κ3) is 3.43. The standard InChI is InChI=1S/C15H22N4/c1-3-19-11-10-17-15(19)14(18-16)9-8-13-6-4-12(2)5-7-13/h4-7,10-11,14,18H,3,8-9,16H2,1-2H3. The highest BCUT2D eigenvalue weighted by Crippen LogP contribution is 2.17. The SMILES string of the molecule is CCn1ccnc1C(CCc1ccc(C)cc1)NN. The summed E-state index contributed by atoms with van der Waals surface area (Å²) in [5, 5.41) is 0. The lowest BCUT2D eigenvalue weighted by Crippen LogP contribution is -2.30. The van der Waals surface area contributed by atoms with Gasteiger partial charge < -0.3 is 4.57 Å². The lowest BCUT2D eigenvalue weighted by molar-refractivity contribution is 0.469. The number of hydrogen-bond donors (Lipinski definition) is 2. The highest BCUT2D eigenvalue weighted by Gasteiger charge is 2.14. The van der Waals surface area contributed by atoms with Gasteiger partial charge in [0.1, 0.15) is 5.82 Å². The molecule has 0 aliphatic heterocycles. The molecule has 0 radical (unpaired) electrons. The Bertz CT molecular complexity index is 501. The van der Waals surface area contributed by atoms with E-state index in [1.807, 2.05) is 12.4 Å². The quantitative estimate of drug-likeness (QED) is 0.617. The fourth-order valence-corrected chi connectivity index (χ4v) is 2.25. The van der Waals surface area contributed by atoms with E-state index in [4.69, 9.17) is 5.84 Å². The molecule has 0 spiro atoms. The predicted octanol–water partition coefficient (Wildman–Crippen LogP) is 2.35. The highest BCUT2D eigenvalue weighted by atomic mass is 15.3. The minimum absolute atomic E-state index is 0.0938. The summed E-state index contributed by atoms with van der Waals surface area (Å²) in [4.78, 5) is 4.41. The van der Waals surface area contributed by atoms with Gasteiger partial charge in [0.25, 0.3) is 0 Å². The van der Waals surface area contributed by atoms with E-state index in [0.717, 1.165) is 25.2 Å². The summed E-state index contributed by atoms with van der Waals surface area (Å²) in [6, 6.07) is 8.74. The number of nitrogens with one attached hydrogen (secondary N) is 1. The maximum atomic E-state index is 5.67. The molecule has 1 atom stereocenters. The van der Waals surface area contributed by atoms with E-state index < -0.39 is 0 Å². The molecule has 0 aliphatic carbocycles. The van der Waals surface area contributed by atoms with Gasteiger partial charge >= 0.3 is 0 Å². The molecule has 0 aliphatic rings. The number of hydrazine groups is 1. The number of aryl methyl sites for hydroxylation is 3. The Kier molecular flexibility index (Phi) is 4.71. The van der Waals surface area contributed by atoms with Gasteiger partial charge in [-0.3, -0.25) is 5.84 Å². The van der Waals surface area contributed by atoms with Gasteiger partial charge in [-0.05, 0) is 32.3 Å². The maximum absolute atomic E-state index is 5.67. The van der Waals surface area contributed by atoms with Crippen molar-refractivity contribution in [2.75, 3.05) is 0 Å². The first-order valence-corrected chi connectivity index (χ1v) is 6.77. The number of imidazole rings is 1. The summed E-state index contributed by atoms with van der Waals surface area (Å²) >= 11 is 0. The zero-order chi connectivity index (χ0) is 13.7. The van der Waals surface area contributed by atoms with Crippen molar-refractivity contribution < 1.29 is 0 Å². The Morgan fingerprint density at radius 2 is 2.05 bits per heavy atom. The number of benzene rings is 1. The summed E-state index contributed by atoms with van der Waals surface area (Å²) in [5.41, 5.74) is 5.50. The highest BCUT2D eigenvalue weighted by molar-refractivity contribution is 5.21. The Balaban J connectivity index is 2.02. The smallest absolute Gasteiger partial charge is 0.127 e. The van der Waals surface area contributed by atoms with Crippen LogP contribution in [0.2, 0.25) is 0 Å². The third-order valence-electron chi connectivity index (χ3n) is 3.44. The minimum Gasteiger partial charge on any atom is -0.334 e. The van der Waals surface area contributed by atoms with E-state index in [-0.39, 0.29) is 6.04 Å². The first-order valence-electron chi connectivity index (χ1n) is 6.77. The van der Waals surface area contributed by atoms with E-state index in [2.05, 4.69) is 53.1 Å². The van der Waals surface area contributed by atoms with Crippen molar-refractivity contribution in [3.63, 3.8) is 0 Å². The van der Waals surface area contributed by atoms with Crippen LogP contribution in [-0.4, -0.2) is 9.55 Å². The topological polar surface area (TPSA) is 55.9 Å². The molecule has 2 aromatic rings. The van der Waals surface area contributed by atoms with Crippen molar-refractivity contribution >= 4 is 0 Å². The first kappa shape index (κ1) is 13.8. The fraction of sp³-hybridized carbons (Fsp3) is 0.400. The van der Waals surface area contributed by atoms with Gasteiger partial charge in [0, 0.05) is 18.9 Å². The van der Waals surface area contributed by atoms with Gasteiger partial charge in [0.05, 0.1) is 6.04 Å². The van der Waals surface area contributed by atoms with Crippen molar-refractivity contribution in [1.82, 2.24) is 15.0 Å². The molecule has 1 heterocycles. The van der Waals surface area contributed by atoms with E-state index in [1.165, 1.54) is 11.1 Å². The van der Waals surface area contributed by atoms with Crippen LogP contribution in [0.25, 0.3) is 0 Å². The number of nitrogens with zero attached hydrogens (tertiary/aromatic N) is 2. The van der Waals surface area contributed by atoms with Crippen LogP contribution >= 0.6 is 0 Å². The molecule has 0 bridgehead atoms. The lowest BCUT2D eigenvalue weighted by Gasteiger charge is -2.16. The van der Waals surface area contributed by atoms with Crippen LogP contribution in [-0.2, 0) is 13.0 Å². The van der Waals surface area contributed by atoms with Gasteiger partial charge in [-0.1, -0.05) is 29.8 Å². The number of hydrogen-bond acceptors (Lipinski definition) is 3. The van der Waals surface area contributed by atoms with Crippen molar-refractivity contribution in [2.24, 2.45) is 5.84 Å². The molecule has 0 saturated heterocycles. The minimum atomic E-state index is 0.0938. The zero-order valence-corrected chi connectivity index (χ0v) is 11.6. The summed E-state index contributed by atoms with van der Waals surface area (Å²) in [7, 11) is 0. The van der Waals surface area contributed by atoms with Crippen LogP contribution in [0, 0.1) is 6.92 Å². The number of rotatable bonds is 6. The molecule has 0 fully saturated rings. The number of aromatic nitrogens is 2. The van der Waals surface area contributed by atoms with E-state index >= 15 is 0 Å². The molecule has 2 rings (SSSR count). The number of nitrogens with two attached hydrogens (primary N) is 1. The predicted molar refractivity (Wildman–Crippen MR) is 77.5 cm³/mol. The molecule has 0 amide bonds. The second-order valence-electron chi connectivity index (χ2n) is 4.81. The van der Waals surface area contributed by atoms with Crippen molar-refractivity contribution in [1.29, 1.82) is 0 Å². The van der Waals surface area contributed by atoms with Crippen LogP contribution < -0.4 is 11.3 Å². The molecule has 4 nitrogen and oxygen atoms in total. The molecule has 102 valence electrons. The van der Waals surface area contributed by atoms with Crippen LogP contribution in [0.1, 0.15) is 36.3 Å². The first-order chi connectivity index (χ1) is 9.24. The molecule has 1 aromatic heterocycles.